The molecule has 0 spiro atoms. The highest BCUT2D eigenvalue weighted by Gasteiger charge is 2.18. The number of benzene rings is 2. The summed E-state index contributed by atoms with van der Waals surface area (Å²) in [6, 6.07) is 18.7. The Bertz CT molecular complexity index is 1280. The summed E-state index contributed by atoms with van der Waals surface area (Å²) in [5.41, 5.74) is 7.65. The molecule has 0 N–H and O–H groups in total. The normalized spacial score (nSPS) is 11.9. The number of aryl methyl sites for hydroxylation is 1. The largest absolute Gasteiger partial charge is 0.437 e. The first-order valence-electron chi connectivity index (χ1n) is 10.9. The summed E-state index contributed by atoms with van der Waals surface area (Å²) in [4.78, 5) is 9.66. The van der Waals surface area contributed by atoms with Crippen molar-refractivity contribution in [3.8, 4) is 11.3 Å². The number of aromatic nitrogens is 1. The Morgan fingerprint density at radius 2 is 1.81 bits per heavy atom. The maximum atomic E-state index is 6.39. The molecule has 0 saturated carbocycles. The number of furan rings is 1. The molecule has 0 saturated heterocycles. The monoisotopic (exact) mass is 408 g/mol. The fraction of sp³-hybridized carbons (Fsp3) is 0.214. The van der Waals surface area contributed by atoms with Gasteiger partial charge in [-0.2, -0.15) is 0 Å². The number of hydrogen-bond donors (Lipinski definition) is 0. The van der Waals surface area contributed by atoms with Gasteiger partial charge in [-0.25, -0.2) is 4.98 Å². The maximum absolute atomic E-state index is 6.39. The van der Waals surface area contributed by atoms with E-state index in [9.17, 15) is 0 Å². The van der Waals surface area contributed by atoms with Gasteiger partial charge in [0.05, 0.1) is 18.0 Å². The van der Waals surface area contributed by atoms with Crippen LogP contribution in [-0.2, 0) is 6.42 Å². The molecule has 2 aromatic heterocycles. The van der Waals surface area contributed by atoms with E-state index in [2.05, 4.69) is 63.4 Å². The summed E-state index contributed by atoms with van der Waals surface area (Å²) in [7, 11) is 0. The highest BCUT2D eigenvalue weighted by Crippen LogP contribution is 2.34. The molecule has 3 heteroatoms. The molecule has 0 unspecified atom stereocenters. The lowest BCUT2D eigenvalue weighted by Crippen LogP contribution is -2.04. The summed E-state index contributed by atoms with van der Waals surface area (Å²) in [5, 5.41) is 2.07. The van der Waals surface area contributed by atoms with Gasteiger partial charge in [0, 0.05) is 21.9 Å². The van der Waals surface area contributed by atoms with Crippen molar-refractivity contribution in [1.82, 2.24) is 4.98 Å². The van der Waals surface area contributed by atoms with Crippen LogP contribution in [0.15, 0.2) is 88.8 Å². The summed E-state index contributed by atoms with van der Waals surface area (Å²) < 4.78 is 6.39. The maximum Gasteiger partial charge on any atom is 0.227 e. The number of fused-ring (bicyclic) bond motifs is 3. The highest BCUT2D eigenvalue weighted by atomic mass is 16.3. The molecule has 0 fully saturated rings. The van der Waals surface area contributed by atoms with E-state index in [-0.39, 0.29) is 0 Å². The lowest BCUT2D eigenvalue weighted by atomic mass is 9.96. The zero-order valence-electron chi connectivity index (χ0n) is 18.3. The van der Waals surface area contributed by atoms with Crippen LogP contribution in [-0.4, -0.2) is 17.2 Å². The van der Waals surface area contributed by atoms with Crippen molar-refractivity contribution in [3.05, 3.63) is 90.5 Å². The van der Waals surface area contributed by atoms with Crippen molar-refractivity contribution < 1.29 is 4.42 Å². The topological polar surface area (TPSA) is 38.4 Å². The van der Waals surface area contributed by atoms with Crippen LogP contribution in [0.5, 0.6) is 0 Å². The van der Waals surface area contributed by atoms with Crippen LogP contribution in [0.3, 0.4) is 0 Å². The lowest BCUT2D eigenvalue weighted by molar-refractivity contribution is 0.653. The third kappa shape index (κ3) is 4.09. The van der Waals surface area contributed by atoms with Crippen molar-refractivity contribution in [3.63, 3.8) is 0 Å². The molecule has 4 rings (SSSR count). The minimum Gasteiger partial charge on any atom is -0.437 e. The molecular weight excluding hydrogens is 380 g/mol. The van der Waals surface area contributed by atoms with Gasteiger partial charge in [0.25, 0.3) is 0 Å². The van der Waals surface area contributed by atoms with Crippen molar-refractivity contribution in [2.45, 2.75) is 33.1 Å². The summed E-state index contributed by atoms with van der Waals surface area (Å²) in [6.45, 7) is 13.0. The van der Waals surface area contributed by atoms with Crippen LogP contribution in [0.1, 0.15) is 37.8 Å². The second-order valence-electron chi connectivity index (χ2n) is 7.75. The highest BCUT2D eigenvalue weighted by molar-refractivity contribution is 6.19. The van der Waals surface area contributed by atoms with E-state index in [0.717, 1.165) is 63.7 Å². The van der Waals surface area contributed by atoms with E-state index < -0.39 is 0 Å². The molecule has 0 aliphatic heterocycles. The first kappa shape index (κ1) is 20.8. The summed E-state index contributed by atoms with van der Waals surface area (Å²) in [6.07, 6.45) is 4.73. The quantitative estimate of drug-likeness (QED) is 0.223. The molecule has 0 bridgehead atoms. The second-order valence-corrected chi connectivity index (χ2v) is 7.75. The van der Waals surface area contributed by atoms with Crippen LogP contribution in [0, 0.1) is 0 Å². The number of pyridine rings is 1. The molecule has 0 amide bonds. The number of hydrogen-bond acceptors (Lipinski definition) is 3. The third-order valence-electron chi connectivity index (χ3n) is 5.60. The number of rotatable bonds is 8. The van der Waals surface area contributed by atoms with E-state index in [1.165, 1.54) is 5.56 Å². The first-order valence-corrected chi connectivity index (χ1v) is 10.9. The van der Waals surface area contributed by atoms with Crippen LogP contribution >= 0.6 is 0 Å². The van der Waals surface area contributed by atoms with Gasteiger partial charge in [-0.15, -0.1) is 0 Å². The molecule has 0 aliphatic rings. The SMILES string of the molecule is C=C/C(=N/CC(=C)CC)c1c(CCC)ccc2c1oc1nc(-c3ccccc3)ccc12. The Labute approximate surface area is 183 Å². The van der Waals surface area contributed by atoms with Crippen molar-refractivity contribution in [2.24, 2.45) is 4.99 Å². The lowest BCUT2D eigenvalue weighted by Gasteiger charge is -2.10. The second kappa shape index (κ2) is 9.13. The molecule has 156 valence electrons. The average molecular weight is 409 g/mol. The van der Waals surface area contributed by atoms with Crippen LogP contribution in [0.2, 0.25) is 0 Å². The Morgan fingerprint density at radius 3 is 2.52 bits per heavy atom. The van der Waals surface area contributed by atoms with Gasteiger partial charge in [-0.3, -0.25) is 4.99 Å². The summed E-state index contributed by atoms with van der Waals surface area (Å²) in [5.74, 6) is 0. The number of aliphatic imine (C=N–C) groups is 1. The Morgan fingerprint density at radius 1 is 1.03 bits per heavy atom. The molecule has 0 aliphatic carbocycles. The Kier molecular flexibility index (Phi) is 6.13. The molecule has 31 heavy (non-hydrogen) atoms. The van der Waals surface area contributed by atoms with Crippen LogP contribution in [0.25, 0.3) is 33.3 Å². The zero-order valence-corrected chi connectivity index (χ0v) is 18.3. The standard InChI is InChI=1S/C28H28N2O/c1-5-11-21-14-15-22-23-16-17-25(20-12-9-8-10-13-20)30-28(23)31-27(22)26(21)24(7-3)29-18-19(4)6-2/h7-10,12-17H,3-6,11,18H2,1-2H3/b29-24-. The van der Waals surface area contributed by atoms with E-state index in [1.807, 2.05) is 24.3 Å². The predicted octanol–water partition coefficient (Wildman–Crippen LogP) is 7.54. The van der Waals surface area contributed by atoms with Gasteiger partial charge in [-0.1, -0.05) is 81.5 Å². The molecule has 2 heterocycles. The Hall–Kier alpha value is -3.46. The van der Waals surface area contributed by atoms with Crippen LogP contribution < -0.4 is 0 Å². The van der Waals surface area contributed by atoms with Crippen molar-refractivity contribution in [1.29, 1.82) is 0 Å². The van der Waals surface area contributed by atoms with Crippen molar-refractivity contribution >= 4 is 27.8 Å². The molecule has 2 aromatic carbocycles. The van der Waals surface area contributed by atoms with Gasteiger partial charge in [0.1, 0.15) is 5.58 Å². The Balaban J connectivity index is 1.93. The molecule has 4 aromatic rings. The predicted molar refractivity (Wildman–Crippen MR) is 132 cm³/mol. The van der Waals surface area contributed by atoms with Gasteiger partial charge < -0.3 is 4.42 Å². The average Bonchev–Trinajstić information content (AvgIpc) is 3.18. The van der Waals surface area contributed by atoms with Gasteiger partial charge >= 0.3 is 0 Å². The minimum absolute atomic E-state index is 0.594. The van der Waals surface area contributed by atoms with E-state index in [1.54, 1.807) is 0 Å². The third-order valence-corrected chi connectivity index (χ3v) is 5.60. The zero-order chi connectivity index (χ0) is 21.8. The van der Waals surface area contributed by atoms with Crippen LogP contribution in [0.4, 0.5) is 0 Å². The van der Waals surface area contributed by atoms with Gasteiger partial charge in [0.15, 0.2) is 0 Å². The molecular formula is C28H28N2O. The van der Waals surface area contributed by atoms with E-state index in [4.69, 9.17) is 14.4 Å². The fourth-order valence-corrected chi connectivity index (χ4v) is 3.84. The van der Waals surface area contributed by atoms with Gasteiger partial charge in [0.2, 0.25) is 5.71 Å². The molecule has 3 nitrogen and oxygen atoms in total. The minimum atomic E-state index is 0.594. The first-order chi connectivity index (χ1) is 15.2. The fourth-order valence-electron chi connectivity index (χ4n) is 3.84. The van der Waals surface area contributed by atoms with Gasteiger partial charge in [-0.05, 0) is 36.6 Å². The molecule has 0 atom stereocenters. The van der Waals surface area contributed by atoms with E-state index >= 15 is 0 Å². The van der Waals surface area contributed by atoms with Crippen molar-refractivity contribution in [2.75, 3.05) is 6.54 Å². The molecule has 0 radical (unpaired) electrons. The number of nitrogens with zero attached hydrogens (tertiary/aromatic N) is 2. The van der Waals surface area contributed by atoms with E-state index in [0.29, 0.717) is 12.3 Å². The smallest absolute Gasteiger partial charge is 0.227 e. The summed E-state index contributed by atoms with van der Waals surface area (Å²) >= 11 is 0. The number of allylic oxidation sites excluding steroid dienone is 1.